The standard InChI is InChI=1S/C14H16BrN3/c15-13-9-16-18(10-13)11-17-8-4-7-14(17)12-5-2-1-3-6-12/h1-3,5-6,9-10,14H,4,7-8,11H2. The lowest BCUT2D eigenvalue weighted by Gasteiger charge is -2.24. The van der Waals surface area contributed by atoms with E-state index in [0.29, 0.717) is 6.04 Å². The Morgan fingerprint density at radius 2 is 2.11 bits per heavy atom. The lowest BCUT2D eigenvalue weighted by Crippen LogP contribution is -2.26. The van der Waals surface area contributed by atoms with Gasteiger partial charge in [0.15, 0.2) is 0 Å². The third-order valence-electron chi connectivity index (χ3n) is 3.48. The van der Waals surface area contributed by atoms with E-state index in [-0.39, 0.29) is 0 Å². The molecule has 1 aromatic heterocycles. The summed E-state index contributed by atoms with van der Waals surface area (Å²) in [5.41, 5.74) is 1.42. The van der Waals surface area contributed by atoms with Crippen molar-refractivity contribution in [2.75, 3.05) is 6.54 Å². The fraction of sp³-hybridized carbons (Fsp3) is 0.357. The zero-order valence-electron chi connectivity index (χ0n) is 10.2. The van der Waals surface area contributed by atoms with Gasteiger partial charge in [-0.3, -0.25) is 9.58 Å². The first-order valence-electron chi connectivity index (χ1n) is 6.30. The van der Waals surface area contributed by atoms with Crippen LogP contribution in [0.1, 0.15) is 24.4 Å². The summed E-state index contributed by atoms with van der Waals surface area (Å²) in [6.07, 6.45) is 6.38. The van der Waals surface area contributed by atoms with E-state index in [4.69, 9.17) is 0 Å². The molecule has 3 rings (SSSR count). The molecular formula is C14H16BrN3. The molecule has 1 aliphatic heterocycles. The van der Waals surface area contributed by atoms with Crippen LogP contribution in [-0.4, -0.2) is 21.2 Å². The molecular weight excluding hydrogens is 290 g/mol. The highest BCUT2D eigenvalue weighted by molar-refractivity contribution is 9.10. The van der Waals surface area contributed by atoms with E-state index in [2.05, 4.69) is 56.3 Å². The minimum atomic E-state index is 0.536. The van der Waals surface area contributed by atoms with Crippen LogP contribution in [0.4, 0.5) is 0 Å². The van der Waals surface area contributed by atoms with Crippen molar-refractivity contribution < 1.29 is 0 Å². The van der Waals surface area contributed by atoms with Crippen LogP contribution in [-0.2, 0) is 6.67 Å². The minimum Gasteiger partial charge on any atom is -0.277 e. The molecule has 1 aromatic carbocycles. The third-order valence-corrected chi connectivity index (χ3v) is 3.89. The van der Waals surface area contributed by atoms with E-state index in [1.54, 1.807) is 0 Å². The summed E-state index contributed by atoms with van der Waals surface area (Å²) in [5, 5.41) is 4.34. The van der Waals surface area contributed by atoms with Crippen LogP contribution in [0.5, 0.6) is 0 Å². The second-order valence-corrected chi connectivity index (χ2v) is 5.64. The van der Waals surface area contributed by atoms with Crippen LogP contribution in [0.3, 0.4) is 0 Å². The molecule has 0 saturated carbocycles. The van der Waals surface area contributed by atoms with Crippen molar-refractivity contribution in [1.29, 1.82) is 0 Å². The van der Waals surface area contributed by atoms with Crippen molar-refractivity contribution in [2.24, 2.45) is 0 Å². The first kappa shape index (κ1) is 11.9. The molecule has 0 bridgehead atoms. The predicted molar refractivity (Wildman–Crippen MR) is 75.1 cm³/mol. The van der Waals surface area contributed by atoms with Crippen molar-refractivity contribution >= 4 is 15.9 Å². The zero-order valence-corrected chi connectivity index (χ0v) is 11.8. The largest absolute Gasteiger partial charge is 0.277 e. The minimum absolute atomic E-state index is 0.536. The number of hydrogen-bond acceptors (Lipinski definition) is 2. The fourth-order valence-corrected chi connectivity index (χ4v) is 2.98. The molecule has 4 heteroatoms. The van der Waals surface area contributed by atoms with Crippen LogP contribution < -0.4 is 0 Å². The van der Waals surface area contributed by atoms with Gasteiger partial charge in [0, 0.05) is 18.8 Å². The van der Waals surface area contributed by atoms with Gasteiger partial charge in [0.1, 0.15) is 0 Å². The summed E-state index contributed by atoms with van der Waals surface area (Å²) >= 11 is 3.44. The lowest BCUT2D eigenvalue weighted by atomic mass is 10.1. The molecule has 18 heavy (non-hydrogen) atoms. The summed E-state index contributed by atoms with van der Waals surface area (Å²) in [6, 6.07) is 11.3. The van der Waals surface area contributed by atoms with Crippen LogP contribution in [0.15, 0.2) is 47.2 Å². The Morgan fingerprint density at radius 3 is 2.83 bits per heavy atom. The second-order valence-electron chi connectivity index (χ2n) is 4.72. The molecule has 3 nitrogen and oxygen atoms in total. The first-order chi connectivity index (χ1) is 8.83. The summed E-state index contributed by atoms with van der Waals surface area (Å²) in [5.74, 6) is 0. The molecule has 1 atom stereocenters. The normalized spacial score (nSPS) is 20.4. The quantitative estimate of drug-likeness (QED) is 0.866. The van der Waals surface area contributed by atoms with Gasteiger partial charge in [-0.1, -0.05) is 30.3 Å². The van der Waals surface area contributed by atoms with Crippen LogP contribution in [0.2, 0.25) is 0 Å². The number of benzene rings is 1. The van der Waals surface area contributed by atoms with Crippen LogP contribution in [0, 0.1) is 0 Å². The molecule has 1 aliphatic rings. The summed E-state index contributed by atoms with van der Waals surface area (Å²) in [4.78, 5) is 2.49. The highest BCUT2D eigenvalue weighted by Crippen LogP contribution is 2.31. The Balaban J connectivity index is 1.75. The van der Waals surface area contributed by atoms with Crippen LogP contribution >= 0.6 is 15.9 Å². The molecule has 94 valence electrons. The Hall–Kier alpha value is -1.13. The summed E-state index contributed by atoms with van der Waals surface area (Å²) in [6.45, 7) is 2.02. The third kappa shape index (κ3) is 2.49. The Kier molecular flexibility index (Phi) is 3.48. The maximum atomic E-state index is 4.34. The van der Waals surface area contributed by atoms with Gasteiger partial charge in [-0.15, -0.1) is 0 Å². The van der Waals surface area contributed by atoms with Crippen molar-refractivity contribution in [3.8, 4) is 0 Å². The van der Waals surface area contributed by atoms with Crippen LogP contribution in [0.25, 0.3) is 0 Å². The average molecular weight is 306 g/mol. The van der Waals surface area contributed by atoms with Crippen molar-refractivity contribution in [3.63, 3.8) is 0 Å². The van der Waals surface area contributed by atoms with E-state index >= 15 is 0 Å². The van der Waals surface area contributed by atoms with Gasteiger partial charge in [0.05, 0.1) is 17.3 Å². The maximum Gasteiger partial charge on any atom is 0.0934 e. The van der Waals surface area contributed by atoms with Crippen molar-refractivity contribution in [3.05, 3.63) is 52.8 Å². The highest BCUT2D eigenvalue weighted by Gasteiger charge is 2.25. The molecule has 0 spiro atoms. The molecule has 2 heterocycles. The number of aromatic nitrogens is 2. The van der Waals surface area contributed by atoms with E-state index in [1.165, 1.54) is 18.4 Å². The van der Waals surface area contributed by atoms with E-state index < -0.39 is 0 Å². The molecule has 0 amide bonds. The van der Waals surface area contributed by atoms with Gasteiger partial charge in [0.2, 0.25) is 0 Å². The summed E-state index contributed by atoms with van der Waals surface area (Å²) < 4.78 is 3.03. The molecule has 0 aliphatic carbocycles. The van der Waals surface area contributed by atoms with E-state index in [9.17, 15) is 0 Å². The average Bonchev–Trinajstić information content (AvgIpc) is 3.00. The Morgan fingerprint density at radius 1 is 1.28 bits per heavy atom. The predicted octanol–water partition coefficient (Wildman–Crippen LogP) is 3.44. The number of likely N-dealkylation sites (tertiary alicyclic amines) is 1. The maximum absolute atomic E-state index is 4.34. The number of hydrogen-bond donors (Lipinski definition) is 0. The zero-order chi connectivity index (χ0) is 12.4. The van der Waals surface area contributed by atoms with E-state index in [0.717, 1.165) is 17.7 Å². The Bertz CT molecular complexity index is 509. The van der Waals surface area contributed by atoms with Gasteiger partial charge >= 0.3 is 0 Å². The number of nitrogens with zero attached hydrogens (tertiary/aromatic N) is 3. The molecule has 1 saturated heterocycles. The van der Waals surface area contributed by atoms with Crippen molar-refractivity contribution in [2.45, 2.75) is 25.6 Å². The highest BCUT2D eigenvalue weighted by atomic mass is 79.9. The van der Waals surface area contributed by atoms with Gasteiger partial charge in [-0.25, -0.2) is 0 Å². The lowest BCUT2D eigenvalue weighted by molar-refractivity contribution is 0.191. The SMILES string of the molecule is Brc1cnn(CN2CCCC2c2ccccc2)c1. The van der Waals surface area contributed by atoms with Gasteiger partial charge in [-0.05, 0) is 34.3 Å². The van der Waals surface area contributed by atoms with Gasteiger partial charge in [-0.2, -0.15) is 5.10 Å². The van der Waals surface area contributed by atoms with Gasteiger partial charge in [0.25, 0.3) is 0 Å². The fourth-order valence-electron chi connectivity index (χ4n) is 2.65. The molecule has 0 N–H and O–H groups in total. The molecule has 1 unspecified atom stereocenters. The van der Waals surface area contributed by atoms with Crippen molar-refractivity contribution in [1.82, 2.24) is 14.7 Å². The first-order valence-corrected chi connectivity index (χ1v) is 7.09. The molecule has 2 aromatic rings. The Labute approximate surface area is 116 Å². The molecule has 1 fully saturated rings. The molecule has 0 radical (unpaired) electrons. The smallest absolute Gasteiger partial charge is 0.0934 e. The topological polar surface area (TPSA) is 21.1 Å². The number of rotatable bonds is 3. The second kappa shape index (κ2) is 5.24. The number of halogens is 1. The van der Waals surface area contributed by atoms with E-state index in [1.807, 2.05) is 17.1 Å². The van der Waals surface area contributed by atoms with Gasteiger partial charge < -0.3 is 0 Å². The summed E-state index contributed by atoms with van der Waals surface area (Å²) in [7, 11) is 0. The monoisotopic (exact) mass is 305 g/mol.